The quantitative estimate of drug-likeness (QED) is 0.254. The van der Waals surface area contributed by atoms with Crippen LogP contribution < -0.4 is 10.6 Å². The van der Waals surface area contributed by atoms with Gasteiger partial charge in [0.25, 0.3) is 0 Å². The van der Waals surface area contributed by atoms with Crippen LogP contribution in [0.5, 0.6) is 0 Å². The van der Waals surface area contributed by atoms with Gasteiger partial charge in [0, 0.05) is 24.2 Å². The van der Waals surface area contributed by atoms with Gasteiger partial charge in [-0.25, -0.2) is 14.8 Å². The first kappa shape index (κ1) is 21.6. The van der Waals surface area contributed by atoms with Crippen molar-refractivity contribution in [1.82, 2.24) is 9.97 Å². The van der Waals surface area contributed by atoms with Crippen LogP contribution in [0.25, 0.3) is 21.0 Å². The number of benzene rings is 2. The molecule has 0 bridgehead atoms. The van der Waals surface area contributed by atoms with Crippen molar-refractivity contribution in [3.8, 4) is 0 Å². The molecule has 0 amide bonds. The predicted octanol–water partition coefficient (Wildman–Crippen LogP) is 6.17. The van der Waals surface area contributed by atoms with Crippen LogP contribution in [-0.2, 0) is 4.74 Å². The molecule has 0 unspecified atom stereocenters. The molecular weight excluding hydrogens is 432 g/mol. The maximum atomic E-state index is 12.8. The Morgan fingerprint density at radius 2 is 1.82 bits per heavy atom. The Labute approximate surface area is 197 Å². The number of aryl methyl sites for hydroxylation is 1. The highest BCUT2D eigenvalue weighted by Crippen LogP contribution is 2.34. The van der Waals surface area contributed by atoms with Crippen LogP contribution in [0.3, 0.4) is 0 Å². The number of aromatic nitrogens is 2. The Morgan fingerprint density at radius 1 is 1.03 bits per heavy atom. The number of nitrogens with one attached hydrogen (secondary N) is 2. The van der Waals surface area contributed by atoms with Crippen molar-refractivity contribution < 1.29 is 9.53 Å². The summed E-state index contributed by atoms with van der Waals surface area (Å²) in [5.74, 6) is 0.524. The summed E-state index contributed by atoms with van der Waals surface area (Å²) in [5, 5.41) is 10.3. The lowest BCUT2D eigenvalue weighted by Gasteiger charge is -2.21. The van der Waals surface area contributed by atoms with Gasteiger partial charge >= 0.3 is 5.97 Å². The molecule has 170 valence electrons. The van der Waals surface area contributed by atoms with E-state index in [1.807, 2.05) is 6.92 Å². The lowest BCUT2D eigenvalue weighted by Crippen LogP contribution is -2.20. The number of esters is 1. The molecule has 0 atom stereocenters. The minimum atomic E-state index is -0.231. The average molecular weight is 461 g/mol. The molecule has 1 aliphatic rings. The summed E-state index contributed by atoms with van der Waals surface area (Å²) in [4.78, 5) is 23.2. The van der Waals surface area contributed by atoms with E-state index in [1.54, 1.807) is 6.33 Å². The van der Waals surface area contributed by atoms with Gasteiger partial charge in [-0.05, 0) is 49.6 Å². The predicted molar refractivity (Wildman–Crippen MR) is 135 cm³/mol. The van der Waals surface area contributed by atoms with Crippen LogP contribution in [-0.4, -0.2) is 35.1 Å². The average Bonchev–Trinajstić information content (AvgIpc) is 3.20. The van der Waals surface area contributed by atoms with E-state index < -0.39 is 0 Å². The fourth-order valence-corrected chi connectivity index (χ4v) is 5.58. The van der Waals surface area contributed by atoms with Gasteiger partial charge < -0.3 is 15.4 Å². The summed E-state index contributed by atoms with van der Waals surface area (Å²) < 4.78 is 5.80. The second kappa shape index (κ2) is 9.75. The minimum absolute atomic E-state index is 0.0414. The van der Waals surface area contributed by atoms with E-state index in [4.69, 9.17) is 4.74 Å². The number of fused-ring (bicyclic) bond motifs is 2. The molecule has 6 nitrogen and oxygen atoms in total. The summed E-state index contributed by atoms with van der Waals surface area (Å²) in [6.07, 6.45) is 7.02. The number of rotatable bonds is 7. The highest BCUT2D eigenvalue weighted by molar-refractivity contribution is 7.20. The van der Waals surface area contributed by atoms with Crippen molar-refractivity contribution in [2.45, 2.75) is 45.1 Å². The molecule has 1 saturated carbocycles. The van der Waals surface area contributed by atoms with E-state index in [-0.39, 0.29) is 12.1 Å². The van der Waals surface area contributed by atoms with Gasteiger partial charge in [-0.1, -0.05) is 42.8 Å². The molecule has 5 rings (SSSR count). The Bertz CT molecular complexity index is 1270. The molecule has 2 aromatic heterocycles. The van der Waals surface area contributed by atoms with Gasteiger partial charge in [0.05, 0.1) is 5.39 Å². The largest absolute Gasteiger partial charge is 0.458 e. The monoisotopic (exact) mass is 460 g/mol. The van der Waals surface area contributed by atoms with E-state index in [1.165, 1.54) is 28.5 Å². The standard InChI is InChI=1S/C26H28N4O2S/c1-17-22-24(28-15-14-27-21-13-7-9-18-8-5-6-12-20(18)21)29-16-30-25(22)33-23(17)26(31)32-19-10-3-2-4-11-19/h5-9,12-13,16,19,27H,2-4,10-11,14-15H2,1H3,(H,28,29,30). The summed E-state index contributed by atoms with van der Waals surface area (Å²) in [6.45, 7) is 3.38. The Balaban J connectivity index is 1.27. The van der Waals surface area contributed by atoms with Gasteiger partial charge in [0.1, 0.15) is 28.0 Å². The van der Waals surface area contributed by atoms with Crippen LogP contribution >= 0.6 is 11.3 Å². The second-order valence-corrected chi connectivity index (χ2v) is 9.50. The van der Waals surface area contributed by atoms with Crippen LogP contribution in [0.1, 0.15) is 47.3 Å². The Kier molecular flexibility index (Phi) is 6.39. The minimum Gasteiger partial charge on any atom is -0.458 e. The molecule has 0 spiro atoms. The molecule has 1 fully saturated rings. The highest BCUT2D eigenvalue weighted by Gasteiger charge is 2.24. The maximum Gasteiger partial charge on any atom is 0.348 e. The van der Waals surface area contributed by atoms with Crippen LogP contribution in [0, 0.1) is 6.92 Å². The SMILES string of the molecule is Cc1c(C(=O)OC2CCCCC2)sc2ncnc(NCCNc3cccc4ccccc34)c12. The number of carbonyl (C=O) groups excluding carboxylic acids is 1. The zero-order valence-corrected chi connectivity index (χ0v) is 19.6. The lowest BCUT2D eigenvalue weighted by atomic mass is 9.98. The summed E-state index contributed by atoms with van der Waals surface area (Å²) in [5.41, 5.74) is 2.00. The zero-order chi connectivity index (χ0) is 22.6. The summed E-state index contributed by atoms with van der Waals surface area (Å²) in [6, 6.07) is 14.6. The topological polar surface area (TPSA) is 76.1 Å². The maximum absolute atomic E-state index is 12.8. The van der Waals surface area contributed by atoms with Crippen LogP contribution in [0.2, 0.25) is 0 Å². The van der Waals surface area contributed by atoms with Crippen molar-refractivity contribution in [3.05, 3.63) is 59.2 Å². The smallest absolute Gasteiger partial charge is 0.348 e. The van der Waals surface area contributed by atoms with E-state index >= 15 is 0 Å². The van der Waals surface area contributed by atoms with E-state index in [2.05, 4.69) is 63.1 Å². The van der Waals surface area contributed by atoms with Crippen molar-refractivity contribution in [3.63, 3.8) is 0 Å². The fourth-order valence-electron chi connectivity index (χ4n) is 4.55. The number of anilines is 2. The summed E-state index contributed by atoms with van der Waals surface area (Å²) >= 11 is 1.39. The highest BCUT2D eigenvalue weighted by atomic mass is 32.1. The van der Waals surface area contributed by atoms with Gasteiger partial charge in [0.15, 0.2) is 0 Å². The van der Waals surface area contributed by atoms with E-state index in [9.17, 15) is 4.79 Å². The molecule has 2 heterocycles. The molecule has 2 N–H and O–H groups in total. The van der Waals surface area contributed by atoms with Crippen molar-refractivity contribution in [1.29, 1.82) is 0 Å². The third-order valence-corrected chi connectivity index (χ3v) is 7.44. The zero-order valence-electron chi connectivity index (χ0n) is 18.8. The molecule has 33 heavy (non-hydrogen) atoms. The van der Waals surface area contributed by atoms with Crippen molar-refractivity contribution in [2.75, 3.05) is 23.7 Å². The third kappa shape index (κ3) is 4.64. The van der Waals surface area contributed by atoms with Crippen LogP contribution in [0.15, 0.2) is 48.8 Å². The van der Waals surface area contributed by atoms with E-state index in [0.717, 1.165) is 59.5 Å². The molecule has 0 radical (unpaired) electrons. The summed E-state index contributed by atoms with van der Waals surface area (Å²) in [7, 11) is 0. The molecular formula is C26H28N4O2S. The normalized spacial score (nSPS) is 14.5. The Hall–Kier alpha value is -3.19. The number of nitrogens with zero attached hydrogens (tertiary/aromatic N) is 2. The molecule has 0 aliphatic heterocycles. The van der Waals surface area contributed by atoms with Gasteiger partial charge in [0.2, 0.25) is 0 Å². The first-order chi connectivity index (χ1) is 16.2. The number of hydrogen-bond donors (Lipinski definition) is 2. The molecule has 0 saturated heterocycles. The van der Waals surface area contributed by atoms with Crippen molar-refractivity contribution >= 4 is 49.8 Å². The molecule has 7 heteroatoms. The number of ether oxygens (including phenoxy) is 1. The Morgan fingerprint density at radius 3 is 2.70 bits per heavy atom. The van der Waals surface area contributed by atoms with E-state index in [0.29, 0.717) is 11.4 Å². The number of hydrogen-bond acceptors (Lipinski definition) is 7. The van der Waals surface area contributed by atoms with Crippen molar-refractivity contribution in [2.24, 2.45) is 0 Å². The molecule has 1 aliphatic carbocycles. The molecule has 2 aromatic carbocycles. The second-order valence-electron chi connectivity index (χ2n) is 8.50. The molecule has 4 aromatic rings. The third-order valence-electron chi connectivity index (χ3n) is 6.26. The first-order valence-corrected chi connectivity index (χ1v) is 12.4. The van der Waals surface area contributed by atoms with Crippen LogP contribution in [0.4, 0.5) is 11.5 Å². The lowest BCUT2D eigenvalue weighted by molar-refractivity contribution is 0.0216. The first-order valence-electron chi connectivity index (χ1n) is 11.6. The van der Waals surface area contributed by atoms with Gasteiger partial charge in [-0.2, -0.15) is 0 Å². The van der Waals surface area contributed by atoms with Gasteiger partial charge in [-0.3, -0.25) is 0 Å². The fraction of sp³-hybridized carbons (Fsp3) is 0.346. The number of thiophene rings is 1. The number of carbonyl (C=O) groups is 1. The van der Waals surface area contributed by atoms with Gasteiger partial charge in [-0.15, -0.1) is 11.3 Å².